The number of halogens is 1. The van der Waals surface area contributed by atoms with Gasteiger partial charge in [-0.25, -0.2) is 0 Å². The largest absolute Gasteiger partial charge is 0.481 e. The van der Waals surface area contributed by atoms with Gasteiger partial charge < -0.3 is 10.1 Å². The van der Waals surface area contributed by atoms with Crippen molar-refractivity contribution in [3.05, 3.63) is 89.2 Å². The second-order valence-corrected chi connectivity index (χ2v) is 6.63. The second-order valence-electron chi connectivity index (χ2n) is 6.19. The predicted octanol–water partition coefficient (Wildman–Crippen LogP) is 5.12. The van der Waals surface area contributed by atoms with Crippen LogP contribution >= 0.6 is 11.6 Å². The third-order valence-electron chi connectivity index (χ3n) is 4.12. The van der Waals surface area contributed by atoms with Crippen LogP contribution < -0.4 is 10.1 Å². The molecular weight excluding hydrogens is 360 g/mol. The standard InChI is InChI=1S/C22H21ClN2O2/c1-2-21(27-20-5-3-4-18(23)15-20)22(26)25-19-8-6-16(7-9-19)14-17-10-12-24-13-11-17/h3-13,15,21H,2,14H2,1H3,(H,25,26). The number of hydrogen-bond donors (Lipinski definition) is 1. The molecule has 0 fully saturated rings. The number of carbonyl (C=O) groups excluding carboxylic acids is 1. The summed E-state index contributed by atoms with van der Waals surface area (Å²) < 4.78 is 5.78. The SMILES string of the molecule is CCC(Oc1cccc(Cl)c1)C(=O)Nc1ccc(Cc2ccncc2)cc1. The number of amides is 1. The number of rotatable bonds is 7. The van der Waals surface area contributed by atoms with E-state index in [1.165, 1.54) is 11.1 Å². The normalized spacial score (nSPS) is 11.6. The number of anilines is 1. The van der Waals surface area contributed by atoms with Crippen molar-refractivity contribution in [1.29, 1.82) is 0 Å². The molecule has 0 saturated carbocycles. The molecule has 0 aliphatic carbocycles. The summed E-state index contributed by atoms with van der Waals surface area (Å²) in [7, 11) is 0. The molecule has 4 nitrogen and oxygen atoms in total. The molecule has 1 heterocycles. The van der Waals surface area contributed by atoms with Crippen LogP contribution in [0, 0.1) is 0 Å². The molecule has 1 N–H and O–H groups in total. The summed E-state index contributed by atoms with van der Waals surface area (Å²) in [6.07, 6.45) is 4.37. The van der Waals surface area contributed by atoms with Crippen LogP contribution in [0.2, 0.25) is 5.02 Å². The highest BCUT2D eigenvalue weighted by atomic mass is 35.5. The Labute approximate surface area is 164 Å². The first-order valence-corrected chi connectivity index (χ1v) is 9.23. The number of nitrogens with zero attached hydrogens (tertiary/aromatic N) is 1. The van der Waals surface area contributed by atoms with Crippen molar-refractivity contribution in [3.8, 4) is 5.75 Å². The predicted molar refractivity (Wildman–Crippen MR) is 108 cm³/mol. The van der Waals surface area contributed by atoms with E-state index in [1.807, 2.05) is 43.3 Å². The lowest BCUT2D eigenvalue weighted by molar-refractivity contribution is -0.122. The van der Waals surface area contributed by atoms with E-state index in [2.05, 4.69) is 10.3 Å². The molecule has 1 amide bonds. The lowest BCUT2D eigenvalue weighted by atomic mass is 10.1. The van der Waals surface area contributed by atoms with E-state index in [-0.39, 0.29) is 5.91 Å². The Morgan fingerprint density at radius 1 is 1.07 bits per heavy atom. The maximum atomic E-state index is 12.5. The smallest absolute Gasteiger partial charge is 0.265 e. The van der Waals surface area contributed by atoms with Crippen LogP contribution in [0.1, 0.15) is 24.5 Å². The van der Waals surface area contributed by atoms with Crippen LogP contribution in [0.15, 0.2) is 73.1 Å². The number of benzene rings is 2. The second kappa shape index (κ2) is 9.19. The fourth-order valence-corrected chi connectivity index (χ4v) is 2.87. The van der Waals surface area contributed by atoms with Gasteiger partial charge in [0, 0.05) is 23.1 Å². The van der Waals surface area contributed by atoms with Gasteiger partial charge in [0.1, 0.15) is 5.75 Å². The van der Waals surface area contributed by atoms with Crippen molar-refractivity contribution in [2.45, 2.75) is 25.9 Å². The molecule has 1 atom stereocenters. The maximum Gasteiger partial charge on any atom is 0.265 e. The van der Waals surface area contributed by atoms with Crippen LogP contribution in [-0.4, -0.2) is 17.0 Å². The Kier molecular flexibility index (Phi) is 6.44. The molecule has 0 spiro atoms. The quantitative estimate of drug-likeness (QED) is 0.618. The number of nitrogens with one attached hydrogen (secondary N) is 1. The summed E-state index contributed by atoms with van der Waals surface area (Å²) in [5, 5.41) is 3.49. The van der Waals surface area contributed by atoms with Crippen molar-refractivity contribution < 1.29 is 9.53 Å². The molecule has 138 valence electrons. The molecule has 3 aromatic rings. The van der Waals surface area contributed by atoms with Gasteiger partial charge >= 0.3 is 0 Å². The van der Waals surface area contributed by atoms with Crippen molar-refractivity contribution in [2.24, 2.45) is 0 Å². The lowest BCUT2D eigenvalue weighted by Gasteiger charge is -2.17. The molecule has 27 heavy (non-hydrogen) atoms. The Balaban J connectivity index is 1.60. The molecule has 0 aliphatic heterocycles. The fourth-order valence-electron chi connectivity index (χ4n) is 2.69. The van der Waals surface area contributed by atoms with Crippen molar-refractivity contribution in [3.63, 3.8) is 0 Å². The van der Waals surface area contributed by atoms with E-state index in [0.29, 0.717) is 17.2 Å². The Morgan fingerprint density at radius 2 is 1.78 bits per heavy atom. The molecule has 0 saturated heterocycles. The zero-order chi connectivity index (χ0) is 19.1. The highest BCUT2D eigenvalue weighted by Crippen LogP contribution is 2.20. The molecule has 0 aliphatic rings. The van der Waals surface area contributed by atoms with Crippen molar-refractivity contribution in [1.82, 2.24) is 4.98 Å². The molecule has 3 rings (SSSR count). The van der Waals surface area contributed by atoms with Crippen LogP contribution in [0.4, 0.5) is 5.69 Å². The van der Waals surface area contributed by atoms with E-state index < -0.39 is 6.10 Å². The highest BCUT2D eigenvalue weighted by molar-refractivity contribution is 6.30. The zero-order valence-electron chi connectivity index (χ0n) is 15.1. The van der Waals surface area contributed by atoms with Crippen LogP contribution in [0.25, 0.3) is 0 Å². The van der Waals surface area contributed by atoms with Crippen molar-refractivity contribution >= 4 is 23.2 Å². The van der Waals surface area contributed by atoms with Crippen molar-refractivity contribution in [2.75, 3.05) is 5.32 Å². The first-order valence-electron chi connectivity index (χ1n) is 8.85. The third kappa shape index (κ3) is 5.56. The van der Waals surface area contributed by atoms with Gasteiger partial charge in [-0.2, -0.15) is 0 Å². The number of aromatic nitrogens is 1. The topological polar surface area (TPSA) is 51.2 Å². The summed E-state index contributed by atoms with van der Waals surface area (Å²) in [6, 6.07) is 18.9. The van der Waals surface area contributed by atoms with Crippen LogP contribution in [0.3, 0.4) is 0 Å². The molecule has 1 unspecified atom stereocenters. The lowest BCUT2D eigenvalue weighted by Crippen LogP contribution is -2.32. The Hall–Kier alpha value is -2.85. The average molecular weight is 381 g/mol. The minimum atomic E-state index is -0.583. The molecule has 0 bridgehead atoms. The number of hydrogen-bond acceptors (Lipinski definition) is 3. The molecule has 0 radical (unpaired) electrons. The summed E-state index contributed by atoms with van der Waals surface area (Å²) in [5.74, 6) is 0.400. The Bertz CT molecular complexity index is 882. The van der Waals surface area contributed by atoms with E-state index in [4.69, 9.17) is 16.3 Å². The first-order chi connectivity index (χ1) is 13.1. The van der Waals surface area contributed by atoms with Gasteiger partial charge in [0.2, 0.25) is 0 Å². The molecule has 5 heteroatoms. The summed E-state index contributed by atoms with van der Waals surface area (Å²) in [5.41, 5.74) is 3.11. The highest BCUT2D eigenvalue weighted by Gasteiger charge is 2.18. The van der Waals surface area contributed by atoms with Gasteiger partial charge in [0.25, 0.3) is 5.91 Å². The monoisotopic (exact) mass is 380 g/mol. The molecule has 2 aromatic carbocycles. The third-order valence-corrected chi connectivity index (χ3v) is 4.35. The molecule has 1 aromatic heterocycles. The number of carbonyl (C=O) groups is 1. The first kappa shape index (κ1) is 18.9. The van der Waals surface area contributed by atoms with E-state index >= 15 is 0 Å². The van der Waals surface area contributed by atoms with Gasteiger partial charge in [0.05, 0.1) is 0 Å². The van der Waals surface area contributed by atoms with Crippen LogP contribution in [0.5, 0.6) is 5.75 Å². The molecular formula is C22H21ClN2O2. The Morgan fingerprint density at radius 3 is 2.44 bits per heavy atom. The fraction of sp³-hybridized carbons (Fsp3) is 0.182. The van der Waals surface area contributed by atoms with Crippen LogP contribution in [-0.2, 0) is 11.2 Å². The number of ether oxygens (including phenoxy) is 1. The van der Waals surface area contributed by atoms with E-state index in [0.717, 1.165) is 12.1 Å². The zero-order valence-corrected chi connectivity index (χ0v) is 15.8. The maximum absolute atomic E-state index is 12.5. The minimum absolute atomic E-state index is 0.181. The van der Waals surface area contributed by atoms with E-state index in [9.17, 15) is 4.79 Å². The van der Waals surface area contributed by atoms with Gasteiger partial charge in [-0.3, -0.25) is 9.78 Å². The van der Waals surface area contributed by atoms with Gasteiger partial charge in [-0.15, -0.1) is 0 Å². The van der Waals surface area contributed by atoms with Gasteiger partial charge in [-0.05, 0) is 66.4 Å². The average Bonchev–Trinajstić information content (AvgIpc) is 2.68. The minimum Gasteiger partial charge on any atom is -0.481 e. The number of pyridine rings is 1. The van der Waals surface area contributed by atoms with E-state index in [1.54, 1.807) is 36.7 Å². The van der Waals surface area contributed by atoms with Gasteiger partial charge in [-0.1, -0.05) is 36.7 Å². The summed E-state index contributed by atoms with van der Waals surface area (Å²) >= 11 is 5.97. The summed E-state index contributed by atoms with van der Waals surface area (Å²) in [4.78, 5) is 16.6. The van der Waals surface area contributed by atoms with Gasteiger partial charge in [0.15, 0.2) is 6.10 Å². The summed E-state index contributed by atoms with van der Waals surface area (Å²) in [6.45, 7) is 1.91.